The van der Waals surface area contributed by atoms with Crippen molar-refractivity contribution in [2.45, 2.75) is 32.1 Å². The highest BCUT2D eigenvalue weighted by atomic mass is 32.1. The number of nitrogens with one attached hydrogen (secondary N) is 1. The fourth-order valence-corrected chi connectivity index (χ4v) is 5.43. The van der Waals surface area contributed by atoms with Crippen molar-refractivity contribution >= 4 is 44.4 Å². The summed E-state index contributed by atoms with van der Waals surface area (Å²) in [4.78, 5) is 33.2. The molecule has 1 N–H and O–H groups in total. The van der Waals surface area contributed by atoms with Crippen LogP contribution in [0, 0.1) is 5.92 Å². The number of amides is 2. The first-order chi connectivity index (χ1) is 15.6. The van der Waals surface area contributed by atoms with Gasteiger partial charge in [0.05, 0.1) is 11.0 Å². The van der Waals surface area contributed by atoms with Gasteiger partial charge in [0.25, 0.3) is 0 Å². The quantitative estimate of drug-likeness (QED) is 0.614. The molecule has 168 valence electrons. The maximum Gasteiger partial charge on any atom is 0.228 e. The standard InChI is InChI=1S/C22H27N7O2S/c1-27-17-6-3-2-5-16(17)24-18(27)8-11-23-20(31)15-9-13-28(14-10-15)21-25-26-22(32-21)29-12-4-7-19(29)30/h2-3,5-6,15H,4,7-14H2,1H3,(H,23,31). The van der Waals surface area contributed by atoms with E-state index < -0.39 is 0 Å². The zero-order chi connectivity index (χ0) is 22.1. The number of hydrogen-bond donors (Lipinski definition) is 1. The number of hydrogen-bond acceptors (Lipinski definition) is 7. The van der Waals surface area contributed by atoms with E-state index in [2.05, 4.69) is 36.0 Å². The Labute approximate surface area is 190 Å². The molecule has 2 amide bonds. The summed E-state index contributed by atoms with van der Waals surface area (Å²) in [5, 5.41) is 13.1. The van der Waals surface area contributed by atoms with Crippen LogP contribution in [0.4, 0.5) is 10.3 Å². The van der Waals surface area contributed by atoms with Gasteiger partial charge in [-0.2, -0.15) is 0 Å². The maximum absolute atomic E-state index is 12.7. The van der Waals surface area contributed by atoms with Gasteiger partial charge in [-0.05, 0) is 31.4 Å². The van der Waals surface area contributed by atoms with Crippen LogP contribution in [-0.4, -0.2) is 57.7 Å². The Hall–Kier alpha value is -3.01. The number of carbonyl (C=O) groups is 2. The van der Waals surface area contributed by atoms with Crippen LogP contribution in [0.15, 0.2) is 24.3 Å². The van der Waals surface area contributed by atoms with Crippen molar-refractivity contribution < 1.29 is 9.59 Å². The molecule has 0 spiro atoms. The highest BCUT2D eigenvalue weighted by Gasteiger charge is 2.29. The summed E-state index contributed by atoms with van der Waals surface area (Å²) in [6.45, 7) is 2.85. The SMILES string of the molecule is Cn1c(CCNC(=O)C2CCN(c3nnc(N4CCCC4=O)s3)CC2)nc2ccccc21. The normalized spacial score (nSPS) is 17.5. The summed E-state index contributed by atoms with van der Waals surface area (Å²) in [6, 6.07) is 8.06. The smallest absolute Gasteiger partial charge is 0.228 e. The van der Waals surface area contributed by atoms with E-state index >= 15 is 0 Å². The lowest BCUT2D eigenvalue weighted by Gasteiger charge is -2.30. The predicted octanol–water partition coefficient (Wildman–Crippen LogP) is 2.13. The van der Waals surface area contributed by atoms with Crippen LogP contribution in [0.2, 0.25) is 0 Å². The first-order valence-corrected chi connectivity index (χ1v) is 12.0. The Balaban J connectivity index is 1.10. The van der Waals surface area contributed by atoms with Crippen LogP contribution in [0.5, 0.6) is 0 Å². The Morgan fingerprint density at radius 3 is 2.69 bits per heavy atom. The van der Waals surface area contributed by atoms with E-state index in [1.165, 1.54) is 11.3 Å². The molecule has 2 aliphatic heterocycles. The van der Waals surface area contributed by atoms with Crippen molar-refractivity contribution in [2.75, 3.05) is 36.0 Å². The monoisotopic (exact) mass is 453 g/mol. The summed E-state index contributed by atoms with van der Waals surface area (Å²) in [7, 11) is 2.01. The van der Waals surface area contributed by atoms with Gasteiger partial charge in [-0.25, -0.2) is 4.98 Å². The van der Waals surface area contributed by atoms with Crippen molar-refractivity contribution in [3.63, 3.8) is 0 Å². The van der Waals surface area contributed by atoms with Gasteiger partial charge < -0.3 is 14.8 Å². The third-order valence-corrected chi connectivity index (χ3v) is 7.38. The van der Waals surface area contributed by atoms with E-state index in [9.17, 15) is 9.59 Å². The molecule has 10 heteroatoms. The minimum absolute atomic E-state index is 0.0132. The highest BCUT2D eigenvalue weighted by Crippen LogP contribution is 2.32. The Bertz CT molecular complexity index is 1130. The van der Waals surface area contributed by atoms with Gasteiger partial charge >= 0.3 is 0 Å². The second-order valence-corrected chi connectivity index (χ2v) is 9.33. The van der Waals surface area contributed by atoms with Crippen LogP contribution in [-0.2, 0) is 23.1 Å². The summed E-state index contributed by atoms with van der Waals surface area (Å²) in [5.74, 6) is 1.23. The average Bonchev–Trinajstić information content (AvgIpc) is 3.53. The van der Waals surface area contributed by atoms with E-state index in [1.807, 2.05) is 25.2 Å². The molecule has 3 aromatic rings. The molecule has 2 fully saturated rings. The lowest BCUT2D eigenvalue weighted by atomic mass is 9.96. The van der Waals surface area contributed by atoms with Crippen LogP contribution < -0.4 is 15.1 Å². The molecule has 4 heterocycles. The molecule has 2 saturated heterocycles. The van der Waals surface area contributed by atoms with Gasteiger partial charge in [0.15, 0.2) is 0 Å². The van der Waals surface area contributed by atoms with Crippen LogP contribution in [0.1, 0.15) is 31.5 Å². The number of carbonyl (C=O) groups excluding carboxylic acids is 2. The molecule has 5 rings (SSSR count). The molecular formula is C22H27N7O2S. The third kappa shape index (κ3) is 4.06. The first-order valence-electron chi connectivity index (χ1n) is 11.2. The second kappa shape index (κ2) is 8.85. The first kappa shape index (κ1) is 20.9. The lowest BCUT2D eigenvalue weighted by Crippen LogP contribution is -2.41. The zero-order valence-electron chi connectivity index (χ0n) is 18.2. The number of fused-ring (bicyclic) bond motifs is 1. The number of aromatic nitrogens is 4. The number of rotatable bonds is 6. The molecule has 2 aromatic heterocycles. The summed E-state index contributed by atoms with van der Waals surface area (Å²) < 4.78 is 2.09. The van der Waals surface area contributed by atoms with Gasteiger partial charge in [-0.3, -0.25) is 14.5 Å². The molecule has 0 unspecified atom stereocenters. The third-order valence-electron chi connectivity index (χ3n) is 6.37. The largest absolute Gasteiger partial charge is 0.355 e. The van der Waals surface area contributed by atoms with Crippen molar-refractivity contribution in [1.82, 2.24) is 25.1 Å². The van der Waals surface area contributed by atoms with E-state index in [4.69, 9.17) is 0 Å². The van der Waals surface area contributed by atoms with Gasteiger partial charge in [0.1, 0.15) is 5.82 Å². The fraction of sp³-hybridized carbons (Fsp3) is 0.500. The number of nitrogens with zero attached hydrogens (tertiary/aromatic N) is 6. The Morgan fingerprint density at radius 1 is 1.16 bits per heavy atom. The fourth-order valence-electron chi connectivity index (χ4n) is 4.49. The summed E-state index contributed by atoms with van der Waals surface area (Å²) >= 11 is 1.46. The van der Waals surface area contributed by atoms with E-state index in [0.717, 1.165) is 60.9 Å². The van der Waals surface area contributed by atoms with Crippen LogP contribution >= 0.6 is 11.3 Å². The molecule has 32 heavy (non-hydrogen) atoms. The number of aryl methyl sites for hydroxylation is 1. The number of anilines is 2. The lowest BCUT2D eigenvalue weighted by molar-refractivity contribution is -0.125. The van der Waals surface area contributed by atoms with E-state index in [-0.39, 0.29) is 17.7 Å². The number of imidazole rings is 1. The molecule has 1 aromatic carbocycles. The van der Waals surface area contributed by atoms with Crippen molar-refractivity contribution in [1.29, 1.82) is 0 Å². The van der Waals surface area contributed by atoms with E-state index in [1.54, 1.807) is 4.90 Å². The minimum Gasteiger partial charge on any atom is -0.355 e. The van der Waals surface area contributed by atoms with Gasteiger partial charge in [0.2, 0.25) is 22.1 Å². The van der Waals surface area contributed by atoms with Crippen molar-refractivity contribution in [3.8, 4) is 0 Å². The maximum atomic E-state index is 12.7. The average molecular weight is 454 g/mol. The zero-order valence-corrected chi connectivity index (χ0v) is 19.0. The summed E-state index contributed by atoms with van der Waals surface area (Å²) in [6.07, 6.45) is 3.75. The Morgan fingerprint density at radius 2 is 1.94 bits per heavy atom. The van der Waals surface area contributed by atoms with Gasteiger partial charge in [-0.15, -0.1) is 10.2 Å². The number of piperidine rings is 1. The molecule has 0 aliphatic carbocycles. The van der Waals surface area contributed by atoms with Gasteiger partial charge in [0, 0.05) is 52.0 Å². The predicted molar refractivity (Wildman–Crippen MR) is 124 cm³/mol. The molecule has 0 bridgehead atoms. The van der Waals surface area contributed by atoms with Crippen molar-refractivity contribution in [2.24, 2.45) is 13.0 Å². The second-order valence-electron chi connectivity index (χ2n) is 8.39. The molecule has 9 nitrogen and oxygen atoms in total. The summed E-state index contributed by atoms with van der Waals surface area (Å²) in [5.41, 5.74) is 2.09. The highest BCUT2D eigenvalue weighted by molar-refractivity contribution is 7.19. The van der Waals surface area contributed by atoms with E-state index in [0.29, 0.717) is 24.5 Å². The molecule has 0 atom stereocenters. The number of benzene rings is 1. The van der Waals surface area contributed by atoms with Gasteiger partial charge in [-0.1, -0.05) is 23.5 Å². The van der Waals surface area contributed by atoms with Crippen LogP contribution in [0.25, 0.3) is 11.0 Å². The van der Waals surface area contributed by atoms with Crippen LogP contribution in [0.3, 0.4) is 0 Å². The topological polar surface area (TPSA) is 96.3 Å². The molecule has 0 saturated carbocycles. The minimum atomic E-state index is 0.0132. The molecule has 0 radical (unpaired) electrons. The number of para-hydroxylation sites is 2. The van der Waals surface area contributed by atoms with Crippen molar-refractivity contribution in [3.05, 3.63) is 30.1 Å². The molecule has 2 aliphatic rings. The molecular weight excluding hydrogens is 426 g/mol. The Kier molecular flexibility index (Phi) is 5.77.